The summed E-state index contributed by atoms with van der Waals surface area (Å²) in [6.45, 7) is 15.6. The zero-order valence-electron chi connectivity index (χ0n) is 17.5. The Labute approximate surface area is 162 Å². The van der Waals surface area contributed by atoms with E-state index in [1.54, 1.807) is 4.90 Å². The summed E-state index contributed by atoms with van der Waals surface area (Å²) in [4.78, 5) is 14.2. The van der Waals surface area contributed by atoms with Crippen molar-refractivity contribution in [3.05, 3.63) is 23.8 Å². The summed E-state index contributed by atoms with van der Waals surface area (Å²) in [7, 11) is -0.418. The van der Waals surface area contributed by atoms with Gasteiger partial charge in [0.15, 0.2) is 0 Å². The predicted octanol–water partition coefficient (Wildman–Crippen LogP) is 3.15. The lowest BCUT2D eigenvalue weighted by molar-refractivity contribution is 0.00578. The first kappa shape index (κ1) is 20.0. The summed E-state index contributed by atoms with van der Waals surface area (Å²) in [5, 5.41) is 3.39. The Morgan fingerprint density at radius 2 is 1.81 bits per heavy atom. The van der Waals surface area contributed by atoms with Gasteiger partial charge in [0.05, 0.1) is 17.7 Å². The molecular weight excluding hydrogens is 343 g/mol. The van der Waals surface area contributed by atoms with Crippen LogP contribution in [-0.2, 0) is 20.6 Å². The van der Waals surface area contributed by atoms with Gasteiger partial charge in [0, 0.05) is 18.8 Å². The zero-order valence-corrected chi connectivity index (χ0v) is 17.5. The van der Waals surface area contributed by atoms with Crippen molar-refractivity contribution in [3.63, 3.8) is 0 Å². The third-order valence-electron chi connectivity index (χ3n) is 5.36. The highest BCUT2D eigenvalue weighted by atomic mass is 16.7. The number of fused-ring (bicyclic) bond motifs is 1. The van der Waals surface area contributed by atoms with Gasteiger partial charge in [-0.1, -0.05) is 12.1 Å². The van der Waals surface area contributed by atoms with Crippen LogP contribution in [0.15, 0.2) is 18.2 Å². The molecule has 0 spiro atoms. The molecule has 3 rings (SSSR count). The second kappa shape index (κ2) is 6.71. The molecule has 0 saturated carbocycles. The van der Waals surface area contributed by atoms with Crippen molar-refractivity contribution in [1.82, 2.24) is 4.90 Å². The Hall–Kier alpha value is -1.73. The zero-order chi connectivity index (χ0) is 20.0. The lowest BCUT2D eigenvalue weighted by Gasteiger charge is -2.32. The number of amides is 1. The minimum Gasteiger partial charge on any atom is -0.444 e. The van der Waals surface area contributed by atoms with Crippen molar-refractivity contribution < 1.29 is 18.8 Å². The molecule has 27 heavy (non-hydrogen) atoms. The number of hydrogen-bond acceptors (Lipinski definition) is 5. The fourth-order valence-corrected chi connectivity index (χ4v) is 3.14. The molecule has 148 valence electrons. The van der Waals surface area contributed by atoms with Crippen LogP contribution in [0.25, 0.3) is 0 Å². The number of rotatable bonds is 1. The fraction of sp³-hybridized carbons (Fsp3) is 0.650. The maximum absolute atomic E-state index is 12.5. The summed E-state index contributed by atoms with van der Waals surface area (Å²) < 4.78 is 17.9. The molecule has 1 fully saturated rings. The van der Waals surface area contributed by atoms with Gasteiger partial charge >= 0.3 is 13.2 Å². The van der Waals surface area contributed by atoms with Crippen molar-refractivity contribution in [2.45, 2.75) is 71.8 Å². The monoisotopic (exact) mass is 374 g/mol. The minimum atomic E-state index is -0.510. The van der Waals surface area contributed by atoms with Crippen LogP contribution in [0.1, 0.15) is 54.0 Å². The molecule has 1 aromatic rings. The molecule has 0 radical (unpaired) electrons. The molecule has 2 aliphatic heterocycles. The van der Waals surface area contributed by atoms with E-state index in [2.05, 4.69) is 11.4 Å². The molecular formula is C20H31BN2O4. The normalized spacial score (nSPS) is 21.3. The topological polar surface area (TPSA) is 60.0 Å². The molecule has 2 aliphatic rings. The van der Waals surface area contributed by atoms with Crippen molar-refractivity contribution >= 4 is 24.4 Å². The number of ether oxygens (including phenoxy) is 1. The molecule has 7 heteroatoms. The van der Waals surface area contributed by atoms with Crippen LogP contribution < -0.4 is 10.8 Å². The van der Waals surface area contributed by atoms with Crippen LogP contribution in [0, 0.1) is 0 Å². The van der Waals surface area contributed by atoms with Crippen LogP contribution in [-0.4, -0.2) is 48.0 Å². The molecule has 0 aromatic heterocycles. The molecule has 6 nitrogen and oxygen atoms in total. The van der Waals surface area contributed by atoms with E-state index in [9.17, 15) is 4.79 Å². The van der Waals surface area contributed by atoms with Crippen molar-refractivity contribution in [1.29, 1.82) is 0 Å². The molecule has 0 atom stereocenters. The van der Waals surface area contributed by atoms with E-state index in [1.165, 1.54) is 0 Å². The fourth-order valence-electron chi connectivity index (χ4n) is 3.14. The van der Waals surface area contributed by atoms with Gasteiger partial charge in [0.25, 0.3) is 0 Å². The molecule has 1 N–H and O–H groups in total. The number of nitrogens with zero attached hydrogens (tertiary/aromatic N) is 1. The van der Waals surface area contributed by atoms with E-state index in [0.717, 1.165) is 16.7 Å². The van der Waals surface area contributed by atoms with E-state index in [1.807, 2.05) is 60.6 Å². The summed E-state index contributed by atoms with van der Waals surface area (Å²) in [6, 6.07) is 6.12. The molecule has 0 unspecified atom stereocenters. The van der Waals surface area contributed by atoms with Gasteiger partial charge in [-0.3, -0.25) is 0 Å². The first-order valence-corrected chi connectivity index (χ1v) is 9.58. The predicted molar refractivity (Wildman–Crippen MR) is 107 cm³/mol. The maximum Gasteiger partial charge on any atom is 0.494 e. The number of carbonyl (C=O) groups excluding carboxylic acids is 1. The number of benzene rings is 1. The number of nitrogens with one attached hydrogen (secondary N) is 1. The Bertz CT molecular complexity index is 711. The number of hydrogen-bond donors (Lipinski definition) is 1. The Morgan fingerprint density at radius 1 is 1.19 bits per heavy atom. The quantitative estimate of drug-likeness (QED) is 0.766. The number of carbonyl (C=O) groups is 1. The molecule has 1 amide bonds. The minimum absolute atomic E-state index is 0.293. The third-order valence-corrected chi connectivity index (χ3v) is 5.36. The molecule has 2 heterocycles. The lowest BCUT2D eigenvalue weighted by Crippen LogP contribution is -2.41. The molecule has 0 bridgehead atoms. The Balaban J connectivity index is 1.81. The van der Waals surface area contributed by atoms with Crippen molar-refractivity contribution in [2.75, 3.05) is 18.4 Å². The van der Waals surface area contributed by atoms with Gasteiger partial charge in [-0.25, -0.2) is 4.79 Å². The van der Waals surface area contributed by atoms with Crippen molar-refractivity contribution in [2.24, 2.45) is 0 Å². The average molecular weight is 374 g/mol. The van der Waals surface area contributed by atoms with E-state index < -0.39 is 12.7 Å². The Kier molecular flexibility index (Phi) is 4.97. The number of anilines is 1. The highest BCUT2D eigenvalue weighted by molar-refractivity contribution is 6.62. The van der Waals surface area contributed by atoms with Crippen LogP contribution in [0.3, 0.4) is 0 Å². The molecule has 1 saturated heterocycles. The lowest BCUT2D eigenvalue weighted by atomic mass is 9.78. The highest BCUT2D eigenvalue weighted by Crippen LogP contribution is 2.36. The second-order valence-corrected chi connectivity index (χ2v) is 9.33. The van der Waals surface area contributed by atoms with Gasteiger partial charge in [-0.15, -0.1) is 0 Å². The highest BCUT2D eigenvalue weighted by Gasteiger charge is 2.51. The van der Waals surface area contributed by atoms with Gasteiger partial charge in [0.1, 0.15) is 5.60 Å². The van der Waals surface area contributed by atoms with Gasteiger partial charge in [-0.05, 0) is 65.6 Å². The van der Waals surface area contributed by atoms with Crippen LogP contribution in [0.4, 0.5) is 10.5 Å². The Morgan fingerprint density at radius 3 is 2.41 bits per heavy atom. The largest absolute Gasteiger partial charge is 0.494 e. The van der Waals surface area contributed by atoms with E-state index in [-0.39, 0.29) is 17.3 Å². The van der Waals surface area contributed by atoms with Crippen molar-refractivity contribution in [3.8, 4) is 0 Å². The molecule has 0 aliphatic carbocycles. The second-order valence-electron chi connectivity index (χ2n) is 9.33. The summed E-state index contributed by atoms with van der Waals surface area (Å²) >= 11 is 0. The van der Waals surface area contributed by atoms with Gasteiger partial charge in [-0.2, -0.15) is 0 Å². The smallest absolute Gasteiger partial charge is 0.444 e. The third kappa shape index (κ3) is 4.24. The van der Waals surface area contributed by atoms with Gasteiger partial charge in [0.2, 0.25) is 0 Å². The van der Waals surface area contributed by atoms with Gasteiger partial charge < -0.3 is 24.3 Å². The van der Waals surface area contributed by atoms with E-state index >= 15 is 0 Å². The van der Waals surface area contributed by atoms with E-state index in [4.69, 9.17) is 14.0 Å². The summed E-state index contributed by atoms with van der Waals surface area (Å²) in [6.07, 6.45) is -0.293. The SMILES string of the molecule is CC(C)(C)OC(=O)N1CCNc2ccc(B3OC(C)(C)C(C)(C)O3)cc2C1. The molecule has 1 aromatic carbocycles. The van der Waals surface area contributed by atoms with Crippen LogP contribution in [0.2, 0.25) is 0 Å². The van der Waals surface area contributed by atoms with Crippen LogP contribution in [0.5, 0.6) is 0 Å². The standard InChI is InChI=1S/C20H31BN2O4/c1-18(2,3)25-17(24)23-11-10-22-16-9-8-15(12-14(16)13-23)21-26-19(4,5)20(6,7)27-21/h8-9,12,22H,10-11,13H2,1-7H3. The summed E-state index contributed by atoms with van der Waals surface area (Å²) in [5.74, 6) is 0. The van der Waals surface area contributed by atoms with E-state index in [0.29, 0.717) is 19.6 Å². The first-order valence-electron chi connectivity index (χ1n) is 9.58. The average Bonchev–Trinajstić information content (AvgIpc) is 2.68. The maximum atomic E-state index is 12.5. The first-order chi connectivity index (χ1) is 12.4. The summed E-state index contributed by atoms with van der Waals surface area (Å²) in [5.41, 5.74) is 1.74. The van der Waals surface area contributed by atoms with Crippen LogP contribution >= 0.6 is 0 Å².